The molecule has 2 aromatic heterocycles. The normalized spacial score (nSPS) is 11.8. The van der Waals surface area contributed by atoms with Gasteiger partial charge in [0.15, 0.2) is 0 Å². The highest BCUT2D eigenvalue weighted by Gasteiger charge is 2.19. The number of furan rings is 1. The third-order valence-corrected chi connectivity index (χ3v) is 10.6. The first-order valence-electron chi connectivity index (χ1n) is 15.9. The summed E-state index contributed by atoms with van der Waals surface area (Å²) in [5, 5.41) is 9.97. The Morgan fingerprint density at radius 2 is 1.11 bits per heavy atom. The van der Waals surface area contributed by atoms with E-state index in [9.17, 15) is 0 Å². The zero-order valence-electron chi connectivity index (χ0n) is 25.4. The van der Waals surface area contributed by atoms with Gasteiger partial charge in [-0.3, -0.25) is 0 Å². The largest absolute Gasteiger partial charge is 0.456 e. The maximum atomic E-state index is 6.46. The SMILES string of the molecule is c1ccc(N(c2ccc(-c3cccc4oc5ccc6c7ccccc7sc6c5c34)cc2)c2ccc3ccc4ccccc4c3c2)cc1. The van der Waals surface area contributed by atoms with Crippen molar-refractivity contribution >= 4 is 92.1 Å². The Morgan fingerprint density at radius 3 is 1.98 bits per heavy atom. The number of rotatable bonds is 4. The smallest absolute Gasteiger partial charge is 0.136 e. The van der Waals surface area contributed by atoms with Gasteiger partial charge in [0.25, 0.3) is 0 Å². The number of fused-ring (bicyclic) bond motifs is 10. The van der Waals surface area contributed by atoms with Crippen LogP contribution in [0.3, 0.4) is 0 Å². The Bertz CT molecular complexity index is 2790. The molecule has 2 nitrogen and oxygen atoms in total. The molecule has 0 unspecified atom stereocenters. The second-order valence-electron chi connectivity index (χ2n) is 12.1. The Kier molecular flexibility index (Phi) is 5.78. The molecule has 0 saturated carbocycles. The molecule has 0 aliphatic carbocycles. The van der Waals surface area contributed by atoms with E-state index in [2.05, 4.69) is 169 Å². The first-order chi connectivity index (χ1) is 23.3. The minimum atomic E-state index is 0.917. The Balaban J connectivity index is 1.14. The zero-order chi connectivity index (χ0) is 30.9. The highest BCUT2D eigenvalue weighted by atomic mass is 32.1. The molecule has 10 rings (SSSR count). The van der Waals surface area contributed by atoms with Gasteiger partial charge in [0.2, 0.25) is 0 Å². The van der Waals surface area contributed by atoms with Crippen LogP contribution in [0.4, 0.5) is 17.1 Å². The summed E-state index contributed by atoms with van der Waals surface area (Å²) in [5.74, 6) is 0. The van der Waals surface area contributed by atoms with E-state index in [0.717, 1.165) is 33.8 Å². The molecule has 0 N–H and O–H groups in total. The minimum absolute atomic E-state index is 0.917. The average Bonchev–Trinajstić information content (AvgIpc) is 3.71. The van der Waals surface area contributed by atoms with Crippen molar-refractivity contribution < 1.29 is 4.42 Å². The predicted octanol–water partition coefficient (Wildman–Crippen LogP) is 13.4. The lowest BCUT2D eigenvalue weighted by Crippen LogP contribution is -2.09. The van der Waals surface area contributed by atoms with Crippen LogP contribution >= 0.6 is 11.3 Å². The van der Waals surface area contributed by atoms with Gasteiger partial charge >= 0.3 is 0 Å². The molecule has 8 aromatic carbocycles. The molecular weight excluding hydrogens is 591 g/mol. The quantitative estimate of drug-likeness (QED) is 0.183. The van der Waals surface area contributed by atoms with Crippen molar-refractivity contribution in [3.8, 4) is 11.1 Å². The van der Waals surface area contributed by atoms with Crippen LogP contribution in [0.5, 0.6) is 0 Å². The van der Waals surface area contributed by atoms with E-state index in [1.807, 2.05) is 11.3 Å². The molecule has 47 heavy (non-hydrogen) atoms. The first-order valence-corrected chi connectivity index (χ1v) is 16.7. The molecule has 0 aliphatic heterocycles. The summed E-state index contributed by atoms with van der Waals surface area (Å²) in [6, 6.07) is 58.9. The van der Waals surface area contributed by atoms with E-state index in [1.54, 1.807) is 0 Å². The molecule has 0 bridgehead atoms. The van der Waals surface area contributed by atoms with Crippen molar-refractivity contribution in [2.45, 2.75) is 0 Å². The average molecular weight is 618 g/mol. The standard InChI is InChI=1S/C44H27NOS/c1-2-10-31(11-3-1)45(33-24-21-30-18-17-28-9-4-5-12-34(28)38(30)27-33)32-22-19-29(20-23-32)35-14-8-15-39-42(35)43-40(46-39)26-25-37-36-13-6-7-16-41(36)47-44(37)43/h1-27H. The first kappa shape index (κ1) is 26.3. The van der Waals surface area contributed by atoms with Crippen LogP contribution in [0.1, 0.15) is 0 Å². The van der Waals surface area contributed by atoms with Crippen molar-refractivity contribution in [2.75, 3.05) is 4.90 Å². The molecule has 2 heterocycles. The second kappa shape index (κ2) is 10.3. The Labute approximate surface area is 275 Å². The van der Waals surface area contributed by atoms with Crippen molar-refractivity contribution in [3.05, 3.63) is 164 Å². The number of anilines is 3. The third-order valence-electron chi connectivity index (χ3n) is 9.44. The van der Waals surface area contributed by atoms with E-state index in [4.69, 9.17) is 4.42 Å². The van der Waals surface area contributed by atoms with Gasteiger partial charge in [-0.15, -0.1) is 11.3 Å². The molecular formula is C44H27NOS. The topological polar surface area (TPSA) is 16.4 Å². The van der Waals surface area contributed by atoms with Crippen molar-refractivity contribution in [1.29, 1.82) is 0 Å². The van der Waals surface area contributed by atoms with Gasteiger partial charge in [-0.2, -0.15) is 0 Å². The van der Waals surface area contributed by atoms with E-state index in [1.165, 1.54) is 58.1 Å². The van der Waals surface area contributed by atoms with Crippen LogP contribution in [0.25, 0.3) is 74.8 Å². The van der Waals surface area contributed by atoms with Gasteiger partial charge < -0.3 is 9.32 Å². The number of benzene rings is 8. The summed E-state index contributed by atoms with van der Waals surface area (Å²) in [6.07, 6.45) is 0. The third kappa shape index (κ3) is 4.10. The molecule has 0 fully saturated rings. The van der Waals surface area contributed by atoms with Gasteiger partial charge in [0.05, 0.1) is 0 Å². The molecule has 0 aliphatic rings. The van der Waals surface area contributed by atoms with Crippen LogP contribution in [0.15, 0.2) is 168 Å². The van der Waals surface area contributed by atoms with Gasteiger partial charge in [-0.25, -0.2) is 0 Å². The van der Waals surface area contributed by atoms with Crippen LogP contribution in [0.2, 0.25) is 0 Å². The number of hydrogen-bond acceptors (Lipinski definition) is 3. The van der Waals surface area contributed by atoms with Crippen molar-refractivity contribution in [3.63, 3.8) is 0 Å². The van der Waals surface area contributed by atoms with E-state index in [0.29, 0.717) is 0 Å². The lowest BCUT2D eigenvalue weighted by atomic mass is 9.98. The van der Waals surface area contributed by atoms with Crippen molar-refractivity contribution in [2.24, 2.45) is 0 Å². The summed E-state index contributed by atoms with van der Waals surface area (Å²) in [4.78, 5) is 2.35. The summed E-state index contributed by atoms with van der Waals surface area (Å²) < 4.78 is 9.04. The fourth-order valence-electron chi connectivity index (χ4n) is 7.27. The number of hydrogen-bond donors (Lipinski definition) is 0. The maximum Gasteiger partial charge on any atom is 0.136 e. The van der Waals surface area contributed by atoms with Crippen LogP contribution in [0, 0.1) is 0 Å². The number of thiophene rings is 1. The lowest BCUT2D eigenvalue weighted by molar-refractivity contribution is 0.669. The summed E-state index contributed by atoms with van der Waals surface area (Å²) in [5.41, 5.74) is 7.55. The molecule has 0 radical (unpaired) electrons. The Morgan fingerprint density at radius 1 is 0.426 bits per heavy atom. The van der Waals surface area contributed by atoms with Gasteiger partial charge in [0, 0.05) is 48.0 Å². The second-order valence-corrected chi connectivity index (χ2v) is 13.2. The molecule has 220 valence electrons. The number of nitrogens with zero attached hydrogens (tertiary/aromatic N) is 1. The van der Waals surface area contributed by atoms with Gasteiger partial charge in [0.1, 0.15) is 11.2 Å². The molecule has 0 spiro atoms. The monoisotopic (exact) mass is 617 g/mol. The molecule has 0 atom stereocenters. The fourth-order valence-corrected chi connectivity index (χ4v) is 8.52. The van der Waals surface area contributed by atoms with Crippen molar-refractivity contribution in [1.82, 2.24) is 0 Å². The minimum Gasteiger partial charge on any atom is -0.456 e. The summed E-state index contributed by atoms with van der Waals surface area (Å²) in [6.45, 7) is 0. The van der Waals surface area contributed by atoms with E-state index < -0.39 is 0 Å². The predicted molar refractivity (Wildman–Crippen MR) is 202 cm³/mol. The molecule has 0 saturated heterocycles. The van der Waals surface area contributed by atoms with Crippen LogP contribution in [-0.4, -0.2) is 0 Å². The molecule has 0 amide bonds. The van der Waals surface area contributed by atoms with E-state index in [-0.39, 0.29) is 0 Å². The summed E-state index contributed by atoms with van der Waals surface area (Å²) >= 11 is 1.85. The van der Waals surface area contributed by atoms with Gasteiger partial charge in [-0.05, 0) is 93.3 Å². The fraction of sp³-hybridized carbons (Fsp3) is 0. The highest BCUT2D eigenvalue weighted by Crippen LogP contribution is 2.45. The van der Waals surface area contributed by atoms with Gasteiger partial charge in [-0.1, -0.05) is 103 Å². The van der Waals surface area contributed by atoms with Crippen LogP contribution in [-0.2, 0) is 0 Å². The Hall–Kier alpha value is -5.90. The highest BCUT2D eigenvalue weighted by molar-refractivity contribution is 7.26. The zero-order valence-corrected chi connectivity index (χ0v) is 26.2. The summed E-state index contributed by atoms with van der Waals surface area (Å²) in [7, 11) is 0. The number of para-hydroxylation sites is 1. The van der Waals surface area contributed by atoms with E-state index >= 15 is 0 Å². The molecule has 3 heteroatoms. The molecule has 10 aromatic rings. The maximum absolute atomic E-state index is 6.46. The van der Waals surface area contributed by atoms with Crippen LogP contribution < -0.4 is 4.90 Å². The lowest BCUT2D eigenvalue weighted by Gasteiger charge is -2.26.